The third-order valence-corrected chi connectivity index (χ3v) is 3.48. The van der Waals surface area contributed by atoms with Gasteiger partial charge in [-0.05, 0) is 24.2 Å². The fourth-order valence-electron chi connectivity index (χ4n) is 2.03. The van der Waals surface area contributed by atoms with Crippen molar-refractivity contribution in [3.05, 3.63) is 0 Å². The van der Waals surface area contributed by atoms with Gasteiger partial charge in [-0.1, -0.05) is 27.7 Å². The van der Waals surface area contributed by atoms with E-state index in [9.17, 15) is 4.79 Å². The summed E-state index contributed by atoms with van der Waals surface area (Å²) in [6, 6.07) is -0.323. The molecule has 1 aliphatic heterocycles. The lowest BCUT2D eigenvalue weighted by Gasteiger charge is -2.23. The highest BCUT2D eigenvalue weighted by Gasteiger charge is 2.31. The van der Waals surface area contributed by atoms with Crippen LogP contribution in [0.1, 0.15) is 34.1 Å². The van der Waals surface area contributed by atoms with E-state index in [1.54, 1.807) is 0 Å². The molecule has 0 aromatic heterocycles. The van der Waals surface area contributed by atoms with Crippen LogP contribution in [0.4, 0.5) is 0 Å². The van der Waals surface area contributed by atoms with Crippen LogP contribution in [0.5, 0.6) is 0 Å². The van der Waals surface area contributed by atoms with Crippen LogP contribution in [0, 0.1) is 17.8 Å². The third-order valence-electron chi connectivity index (χ3n) is 3.48. The monoisotopic (exact) mass is 212 g/mol. The van der Waals surface area contributed by atoms with E-state index in [2.05, 4.69) is 13.8 Å². The Morgan fingerprint density at radius 1 is 1.33 bits per heavy atom. The lowest BCUT2D eigenvalue weighted by Crippen LogP contribution is -2.45. The van der Waals surface area contributed by atoms with Crippen LogP contribution in [0.15, 0.2) is 0 Å². The molecule has 2 N–H and O–H groups in total. The van der Waals surface area contributed by atoms with E-state index >= 15 is 0 Å². The Kier molecular flexibility index (Phi) is 4.14. The number of amides is 1. The zero-order valence-electron chi connectivity index (χ0n) is 10.4. The minimum absolute atomic E-state index is 0.133. The largest absolute Gasteiger partial charge is 0.341 e. The van der Waals surface area contributed by atoms with Crippen LogP contribution < -0.4 is 5.73 Å². The summed E-state index contributed by atoms with van der Waals surface area (Å²) in [7, 11) is 0. The average Bonchev–Trinajstić information content (AvgIpc) is 2.64. The molecule has 3 nitrogen and oxygen atoms in total. The highest BCUT2D eigenvalue weighted by Crippen LogP contribution is 2.24. The molecule has 1 fully saturated rings. The van der Waals surface area contributed by atoms with Crippen molar-refractivity contribution < 1.29 is 4.79 Å². The number of rotatable bonds is 3. The average molecular weight is 212 g/mol. The number of nitrogens with two attached hydrogens (primary N) is 1. The van der Waals surface area contributed by atoms with Crippen molar-refractivity contribution in [2.45, 2.75) is 40.2 Å². The lowest BCUT2D eigenvalue weighted by atomic mass is 9.95. The van der Waals surface area contributed by atoms with Gasteiger partial charge >= 0.3 is 0 Å². The zero-order chi connectivity index (χ0) is 11.6. The van der Waals surface area contributed by atoms with Gasteiger partial charge in [0.1, 0.15) is 0 Å². The molecule has 15 heavy (non-hydrogen) atoms. The number of hydrogen-bond donors (Lipinski definition) is 1. The Morgan fingerprint density at radius 2 is 1.93 bits per heavy atom. The van der Waals surface area contributed by atoms with E-state index in [0.717, 1.165) is 19.5 Å². The molecule has 0 radical (unpaired) electrons. The van der Waals surface area contributed by atoms with Crippen LogP contribution in [0.2, 0.25) is 0 Å². The van der Waals surface area contributed by atoms with Gasteiger partial charge < -0.3 is 10.6 Å². The van der Waals surface area contributed by atoms with Crippen LogP contribution in [0.3, 0.4) is 0 Å². The predicted octanol–water partition coefficient (Wildman–Crippen LogP) is 1.47. The first kappa shape index (κ1) is 12.5. The van der Waals surface area contributed by atoms with Gasteiger partial charge in [0.05, 0.1) is 6.04 Å². The summed E-state index contributed by atoms with van der Waals surface area (Å²) >= 11 is 0. The predicted molar refractivity (Wildman–Crippen MR) is 62.3 cm³/mol. The topological polar surface area (TPSA) is 46.3 Å². The summed E-state index contributed by atoms with van der Waals surface area (Å²) in [5.41, 5.74) is 5.87. The Morgan fingerprint density at radius 3 is 2.33 bits per heavy atom. The molecule has 0 unspecified atom stereocenters. The van der Waals surface area contributed by atoms with E-state index in [4.69, 9.17) is 5.73 Å². The van der Waals surface area contributed by atoms with Crippen molar-refractivity contribution >= 4 is 5.91 Å². The molecule has 1 amide bonds. The lowest BCUT2D eigenvalue weighted by molar-refractivity contribution is -0.132. The molecule has 2 atom stereocenters. The Bertz CT molecular complexity index is 226. The first-order valence-electron chi connectivity index (χ1n) is 5.97. The number of likely N-dealkylation sites (tertiary alicyclic amines) is 1. The molecule has 88 valence electrons. The molecule has 1 saturated heterocycles. The van der Waals surface area contributed by atoms with Crippen molar-refractivity contribution in [2.75, 3.05) is 13.1 Å². The van der Waals surface area contributed by atoms with Gasteiger partial charge in [0.15, 0.2) is 0 Å². The van der Waals surface area contributed by atoms with Crippen LogP contribution in [0.25, 0.3) is 0 Å². The molecule has 0 spiro atoms. The van der Waals surface area contributed by atoms with E-state index in [-0.39, 0.29) is 17.9 Å². The Balaban J connectivity index is 2.50. The number of nitrogens with zero attached hydrogens (tertiary/aromatic N) is 1. The summed E-state index contributed by atoms with van der Waals surface area (Å²) < 4.78 is 0. The highest BCUT2D eigenvalue weighted by atomic mass is 16.2. The summed E-state index contributed by atoms with van der Waals surface area (Å²) in [5, 5.41) is 0. The minimum Gasteiger partial charge on any atom is -0.341 e. The number of carbonyl (C=O) groups excluding carboxylic acids is 1. The molecule has 0 bridgehead atoms. The second-order valence-electron chi connectivity index (χ2n) is 5.35. The van der Waals surface area contributed by atoms with Gasteiger partial charge in [0.2, 0.25) is 5.91 Å². The van der Waals surface area contributed by atoms with Gasteiger partial charge in [0, 0.05) is 13.1 Å². The van der Waals surface area contributed by atoms with Gasteiger partial charge in [-0.25, -0.2) is 0 Å². The maximum atomic E-state index is 12.0. The van der Waals surface area contributed by atoms with Crippen LogP contribution in [-0.2, 0) is 4.79 Å². The van der Waals surface area contributed by atoms with Gasteiger partial charge in [0.25, 0.3) is 0 Å². The van der Waals surface area contributed by atoms with Crippen molar-refractivity contribution in [3.63, 3.8) is 0 Å². The maximum Gasteiger partial charge on any atom is 0.239 e. The fraction of sp³-hybridized carbons (Fsp3) is 0.917. The van der Waals surface area contributed by atoms with E-state index in [0.29, 0.717) is 11.8 Å². The standard InChI is InChI=1S/C12H24N2O/c1-8(2)10-5-6-14(7-10)12(15)11(13)9(3)4/h8-11H,5-7,13H2,1-4H3/t10-,11+/m1/s1. The normalized spacial score (nSPS) is 23.9. The third kappa shape index (κ3) is 2.94. The summed E-state index contributed by atoms with van der Waals surface area (Å²) in [4.78, 5) is 13.9. The molecule has 0 aromatic rings. The molecule has 1 heterocycles. The van der Waals surface area contributed by atoms with Crippen molar-refractivity contribution in [1.82, 2.24) is 4.90 Å². The quantitative estimate of drug-likeness (QED) is 0.770. The summed E-state index contributed by atoms with van der Waals surface area (Å²) in [6.07, 6.45) is 1.13. The van der Waals surface area contributed by atoms with Crippen molar-refractivity contribution in [3.8, 4) is 0 Å². The molecule has 0 saturated carbocycles. The highest BCUT2D eigenvalue weighted by molar-refractivity contribution is 5.82. The van der Waals surface area contributed by atoms with E-state index in [1.165, 1.54) is 0 Å². The molecule has 3 heteroatoms. The van der Waals surface area contributed by atoms with Crippen molar-refractivity contribution in [1.29, 1.82) is 0 Å². The first-order valence-corrected chi connectivity index (χ1v) is 5.97. The smallest absolute Gasteiger partial charge is 0.239 e. The van der Waals surface area contributed by atoms with Crippen molar-refractivity contribution in [2.24, 2.45) is 23.5 Å². The minimum atomic E-state index is -0.323. The molecule has 0 aliphatic carbocycles. The molecular formula is C12H24N2O. The Labute approximate surface area is 93.0 Å². The SMILES string of the molecule is CC(C)[C@@H]1CCN(C(=O)[C@@H](N)C(C)C)C1. The summed E-state index contributed by atoms with van der Waals surface area (Å²) in [5.74, 6) is 1.69. The second-order valence-corrected chi connectivity index (χ2v) is 5.35. The fourth-order valence-corrected chi connectivity index (χ4v) is 2.03. The Hall–Kier alpha value is -0.570. The molecule has 1 aliphatic rings. The van der Waals surface area contributed by atoms with Gasteiger partial charge in [-0.15, -0.1) is 0 Å². The summed E-state index contributed by atoms with van der Waals surface area (Å²) in [6.45, 7) is 10.2. The number of hydrogen-bond acceptors (Lipinski definition) is 2. The molecule has 1 rings (SSSR count). The number of carbonyl (C=O) groups is 1. The second kappa shape index (κ2) is 4.97. The first-order chi connectivity index (χ1) is 6.93. The van der Waals surface area contributed by atoms with Gasteiger partial charge in [-0.2, -0.15) is 0 Å². The van der Waals surface area contributed by atoms with E-state index in [1.807, 2.05) is 18.7 Å². The molecular weight excluding hydrogens is 188 g/mol. The molecule has 0 aromatic carbocycles. The van der Waals surface area contributed by atoms with Gasteiger partial charge in [-0.3, -0.25) is 4.79 Å². The van der Waals surface area contributed by atoms with Crippen LogP contribution in [-0.4, -0.2) is 29.9 Å². The zero-order valence-corrected chi connectivity index (χ0v) is 10.4. The van der Waals surface area contributed by atoms with Crippen LogP contribution >= 0.6 is 0 Å². The van der Waals surface area contributed by atoms with E-state index < -0.39 is 0 Å². The maximum absolute atomic E-state index is 12.0.